The van der Waals surface area contributed by atoms with Crippen LogP contribution in [0, 0.1) is 5.92 Å². The summed E-state index contributed by atoms with van der Waals surface area (Å²) in [5, 5.41) is 13.6. The van der Waals surface area contributed by atoms with E-state index in [-0.39, 0.29) is 47.8 Å². The molecule has 3 aliphatic heterocycles. The van der Waals surface area contributed by atoms with Gasteiger partial charge in [-0.05, 0) is 83.0 Å². The predicted molar refractivity (Wildman–Crippen MR) is 223 cm³/mol. The molecule has 4 fully saturated rings. The summed E-state index contributed by atoms with van der Waals surface area (Å²) < 4.78 is 40.6. The fourth-order valence-corrected chi connectivity index (χ4v) is 9.86. The van der Waals surface area contributed by atoms with E-state index < -0.39 is 30.0 Å². The Morgan fingerprint density at radius 2 is 1.82 bits per heavy atom. The lowest BCUT2D eigenvalue weighted by atomic mass is 9.85. The minimum Gasteiger partial charge on any atom is -0.375 e. The Balaban J connectivity index is 0.801. The molecule has 9 rings (SSSR count). The predicted octanol–water partition coefficient (Wildman–Crippen LogP) is 4.30. The van der Waals surface area contributed by atoms with Gasteiger partial charge >= 0.3 is 5.69 Å². The SMILES string of the molecule is C[C@@H]1CN(c2ccn3ncc(C(=O)Nc4cn([C@H]5CC[C@H](CN(C)C6CCN(c7cccc8c7n(C)c(=O)n8C7CCC(=O)NC7=O)CC6)CC5)nc4C(F)F)c3n2)CCO1. The number of aromatic nitrogens is 7. The quantitative estimate of drug-likeness (QED) is 0.192. The average Bonchev–Trinajstić information content (AvgIpc) is 3.95. The molecule has 17 nitrogen and oxygen atoms in total. The molecular weight excluding hydrogens is 791 g/mol. The van der Waals surface area contributed by atoms with Crippen LogP contribution in [-0.2, 0) is 21.4 Å². The molecular formula is C42H52F2N12O5. The van der Waals surface area contributed by atoms with Crippen LogP contribution >= 0.6 is 0 Å². The highest BCUT2D eigenvalue weighted by atomic mass is 19.3. The number of para-hydroxylation sites is 1. The van der Waals surface area contributed by atoms with Gasteiger partial charge in [0.2, 0.25) is 11.8 Å². The number of aryl methyl sites for hydroxylation is 1. The number of hydrogen-bond donors (Lipinski definition) is 2. The second kappa shape index (κ2) is 16.6. The van der Waals surface area contributed by atoms with Crippen molar-refractivity contribution in [2.45, 2.75) is 88.9 Å². The van der Waals surface area contributed by atoms with Crippen LogP contribution in [0.25, 0.3) is 16.7 Å². The summed E-state index contributed by atoms with van der Waals surface area (Å²) in [6, 6.07) is 7.24. The molecule has 5 aromatic rings. The Morgan fingerprint density at radius 1 is 1.03 bits per heavy atom. The Labute approximate surface area is 350 Å². The minimum atomic E-state index is -2.87. The van der Waals surface area contributed by atoms with E-state index in [4.69, 9.17) is 9.72 Å². The monoisotopic (exact) mass is 842 g/mol. The maximum absolute atomic E-state index is 14.3. The second-order valence-corrected chi connectivity index (χ2v) is 17.1. The van der Waals surface area contributed by atoms with E-state index in [1.807, 2.05) is 31.2 Å². The Kier molecular flexibility index (Phi) is 11.1. The zero-order chi connectivity index (χ0) is 42.5. The number of morpholine rings is 1. The lowest BCUT2D eigenvalue weighted by Gasteiger charge is -2.40. The van der Waals surface area contributed by atoms with Crippen molar-refractivity contribution in [2.24, 2.45) is 13.0 Å². The fourth-order valence-electron chi connectivity index (χ4n) is 9.86. The number of fused-ring (bicyclic) bond motifs is 2. The van der Waals surface area contributed by atoms with Crippen LogP contribution in [0.5, 0.6) is 0 Å². The summed E-state index contributed by atoms with van der Waals surface area (Å²) in [6.45, 7) is 6.44. The standard InChI is InChI=1S/C42H52F2N12O5/c1-25-22-53(19-20-61-25)34-15-18-54-39(47-34)29(21-45-54)40(58)46-30-24-55(49-36(30)38(43)44)28-9-7-26(8-10-28)23-50(2)27-13-16-52(17-14-27)31-5-4-6-32-37(31)51(3)42(60)56(32)33-11-12-35(57)48-41(33)59/h4-6,15,18,21,24-28,33,38H,7-14,16-17,19-20,22-23H2,1-3H3,(H,46,58)(H,48,57,59)/t25-,26-,28-,33?/m1/s1. The topological polar surface area (TPSA) is 169 Å². The van der Waals surface area contributed by atoms with Gasteiger partial charge in [0.25, 0.3) is 12.3 Å². The molecule has 0 radical (unpaired) electrons. The van der Waals surface area contributed by atoms with Crippen LogP contribution in [0.1, 0.15) is 92.9 Å². The van der Waals surface area contributed by atoms with Crippen molar-refractivity contribution >= 4 is 51.6 Å². The number of rotatable bonds is 10. The normalized spacial score (nSPS) is 23.1. The lowest BCUT2D eigenvalue weighted by Crippen LogP contribution is -2.45. The van der Waals surface area contributed by atoms with E-state index in [9.17, 15) is 28.0 Å². The smallest absolute Gasteiger partial charge is 0.329 e. The fraction of sp³-hybridized carbons (Fsp3) is 0.548. The van der Waals surface area contributed by atoms with E-state index in [0.717, 1.165) is 69.4 Å². The summed E-state index contributed by atoms with van der Waals surface area (Å²) in [5.74, 6) is -0.209. The van der Waals surface area contributed by atoms with Crippen LogP contribution in [0.3, 0.4) is 0 Å². The third-order valence-corrected chi connectivity index (χ3v) is 13.1. The molecule has 2 N–H and O–H groups in total. The van der Waals surface area contributed by atoms with Crippen molar-refractivity contribution in [1.29, 1.82) is 0 Å². The van der Waals surface area contributed by atoms with Crippen LogP contribution < -0.4 is 26.1 Å². The van der Waals surface area contributed by atoms with Crippen molar-refractivity contribution < 1.29 is 27.9 Å². The minimum absolute atomic E-state index is 0.0175. The number of imidazole rings is 1. The molecule has 4 aliphatic rings. The van der Waals surface area contributed by atoms with Gasteiger partial charge < -0.3 is 24.8 Å². The van der Waals surface area contributed by atoms with E-state index in [1.165, 1.54) is 21.5 Å². The second-order valence-electron chi connectivity index (χ2n) is 17.1. The average molecular weight is 843 g/mol. The molecule has 2 atom stereocenters. The number of nitrogens with zero attached hydrogens (tertiary/aromatic N) is 10. The Bertz CT molecular complexity index is 2510. The van der Waals surface area contributed by atoms with E-state index in [0.29, 0.717) is 48.6 Å². The summed E-state index contributed by atoms with van der Waals surface area (Å²) >= 11 is 0. The number of carbonyl (C=O) groups is 3. The van der Waals surface area contributed by atoms with Crippen LogP contribution in [0.2, 0.25) is 0 Å². The molecule has 0 spiro atoms. The maximum Gasteiger partial charge on any atom is 0.329 e. The van der Waals surface area contributed by atoms with Gasteiger partial charge in [-0.3, -0.25) is 33.5 Å². The molecule has 324 valence electrons. The highest BCUT2D eigenvalue weighted by Gasteiger charge is 2.34. The number of piperidine rings is 2. The van der Waals surface area contributed by atoms with Crippen molar-refractivity contribution in [3.8, 4) is 0 Å². The number of amides is 3. The first kappa shape index (κ1) is 40.7. The van der Waals surface area contributed by atoms with E-state index in [2.05, 4.69) is 42.6 Å². The number of anilines is 3. The van der Waals surface area contributed by atoms with Gasteiger partial charge in [0.15, 0.2) is 11.3 Å². The van der Waals surface area contributed by atoms with Crippen LogP contribution in [-0.4, -0.2) is 115 Å². The van der Waals surface area contributed by atoms with E-state index in [1.54, 1.807) is 22.5 Å². The van der Waals surface area contributed by atoms with Crippen molar-refractivity contribution in [3.05, 3.63) is 64.6 Å². The largest absolute Gasteiger partial charge is 0.375 e. The molecule has 7 heterocycles. The number of hydrogen-bond acceptors (Lipinski definition) is 11. The molecule has 19 heteroatoms. The Hall–Kier alpha value is -5.69. The van der Waals surface area contributed by atoms with E-state index >= 15 is 0 Å². The number of halogens is 2. The number of alkyl halides is 2. The molecule has 1 saturated carbocycles. The van der Waals surface area contributed by atoms with Crippen molar-refractivity contribution in [2.75, 3.05) is 61.5 Å². The van der Waals surface area contributed by atoms with Crippen LogP contribution in [0.4, 0.5) is 26.0 Å². The summed E-state index contributed by atoms with van der Waals surface area (Å²) in [6.07, 6.45) is 7.64. The molecule has 1 unspecified atom stereocenters. The first-order valence-corrected chi connectivity index (χ1v) is 21.3. The molecule has 3 saturated heterocycles. The molecule has 3 amide bonds. The number of imide groups is 1. The third kappa shape index (κ3) is 7.88. The number of carbonyl (C=O) groups excluding carboxylic acids is 3. The van der Waals surface area contributed by atoms with Gasteiger partial charge in [0.1, 0.15) is 17.4 Å². The van der Waals surface area contributed by atoms with Gasteiger partial charge in [-0.2, -0.15) is 10.2 Å². The summed E-state index contributed by atoms with van der Waals surface area (Å²) in [5.41, 5.74) is 2.18. The number of benzene rings is 1. The zero-order valence-corrected chi connectivity index (χ0v) is 34.7. The molecule has 61 heavy (non-hydrogen) atoms. The van der Waals surface area contributed by atoms with Crippen molar-refractivity contribution in [1.82, 2.24) is 43.7 Å². The zero-order valence-electron chi connectivity index (χ0n) is 34.7. The maximum atomic E-state index is 14.3. The summed E-state index contributed by atoms with van der Waals surface area (Å²) in [4.78, 5) is 63.1. The third-order valence-electron chi connectivity index (χ3n) is 13.1. The Morgan fingerprint density at radius 3 is 2.56 bits per heavy atom. The van der Waals surface area contributed by atoms with Gasteiger partial charge in [0.05, 0.1) is 47.4 Å². The number of ether oxygens (including phenoxy) is 1. The lowest BCUT2D eigenvalue weighted by molar-refractivity contribution is -0.135. The highest BCUT2D eigenvalue weighted by Crippen LogP contribution is 2.37. The van der Waals surface area contributed by atoms with Gasteiger partial charge in [-0.1, -0.05) is 6.07 Å². The van der Waals surface area contributed by atoms with Gasteiger partial charge in [0, 0.05) is 64.6 Å². The molecule has 1 aliphatic carbocycles. The molecule has 4 aromatic heterocycles. The first-order valence-electron chi connectivity index (χ1n) is 21.3. The molecule has 1 aromatic carbocycles. The summed E-state index contributed by atoms with van der Waals surface area (Å²) in [7, 11) is 3.91. The highest BCUT2D eigenvalue weighted by molar-refractivity contribution is 6.08. The van der Waals surface area contributed by atoms with Crippen molar-refractivity contribution in [3.63, 3.8) is 0 Å². The van der Waals surface area contributed by atoms with Crippen LogP contribution in [0.15, 0.2) is 47.7 Å². The number of nitrogens with one attached hydrogen (secondary N) is 2. The molecule has 0 bridgehead atoms. The first-order chi connectivity index (χ1) is 29.4. The van der Waals surface area contributed by atoms with Gasteiger partial charge in [-0.25, -0.2) is 23.1 Å². The van der Waals surface area contributed by atoms with Gasteiger partial charge in [-0.15, -0.1) is 0 Å².